The number of anilines is 1. The first-order chi connectivity index (χ1) is 10.1. The van der Waals surface area contributed by atoms with E-state index in [9.17, 15) is 4.79 Å². The lowest BCUT2D eigenvalue weighted by atomic mass is 10.2. The average molecular weight is 306 g/mol. The van der Waals surface area contributed by atoms with Gasteiger partial charge in [0.25, 0.3) is 5.56 Å². The minimum atomic E-state index is -0.192. The lowest BCUT2D eigenvalue weighted by Gasteiger charge is -1.97. The van der Waals surface area contributed by atoms with Gasteiger partial charge < -0.3 is 9.84 Å². The van der Waals surface area contributed by atoms with Crippen LogP contribution in [0.3, 0.4) is 0 Å². The lowest BCUT2D eigenvalue weighted by Crippen LogP contribution is -2.13. The minimum absolute atomic E-state index is 0.192. The standard InChI is InChI=1S/C12H14N6O2S/c1-7(2)10-15-8(20-17-10)3-5-13-11-16-18-9(19)4-6-14-12(18)21-11/h4,6-7H,3,5H2,1-2H3,(H,13,16). The first kappa shape index (κ1) is 13.7. The first-order valence-corrected chi connectivity index (χ1v) is 7.36. The molecule has 3 heterocycles. The van der Waals surface area contributed by atoms with Gasteiger partial charge in [-0.05, 0) is 0 Å². The Morgan fingerprint density at radius 2 is 2.33 bits per heavy atom. The molecule has 21 heavy (non-hydrogen) atoms. The van der Waals surface area contributed by atoms with E-state index in [4.69, 9.17) is 4.52 Å². The molecule has 0 bridgehead atoms. The van der Waals surface area contributed by atoms with Crippen molar-refractivity contribution in [3.8, 4) is 0 Å². The summed E-state index contributed by atoms with van der Waals surface area (Å²) in [5.41, 5.74) is -0.192. The lowest BCUT2D eigenvalue weighted by molar-refractivity contribution is 0.373. The molecule has 0 aliphatic rings. The van der Waals surface area contributed by atoms with Gasteiger partial charge in [0.1, 0.15) is 0 Å². The van der Waals surface area contributed by atoms with Gasteiger partial charge in [-0.1, -0.05) is 30.3 Å². The quantitative estimate of drug-likeness (QED) is 0.758. The molecule has 1 N–H and O–H groups in total. The van der Waals surface area contributed by atoms with Gasteiger partial charge in [-0.3, -0.25) is 4.79 Å². The number of rotatable bonds is 5. The Balaban J connectivity index is 1.63. The molecule has 0 unspecified atom stereocenters. The van der Waals surface area contributed by atoms with Gasteiger partial charge in [-0.2, -0.15) is 9.50 Å². The third-order valence-electron chi connectivity index (χ3n) is 2.79. The van der Waals surface area contributed by atoms with E-state index >= 15 is 0 Å². The van der Waals surface area contributed by atoms with E-state index in [2.05, 4.69) is 25.5 Å². The summed E-state index contributed by atoms with van der Waals surface area (Å²) in [7, 11) is 0. The Bertz CT molecular complexity index is 805. The zero-order valence-electron chi connectivity index (χ0n) is 11.6. The van der Waals surface area contributed by atoms with Gasteiger partial charge in [0.2, 0.25) is 16.0 Å². The molecule has 0 aliphatic carbocycles. The molecule has 0 saturated carbocycles. The maximum atomic E-state index is 11.6. The number of hydrogen-bond donors (Lipinski definition) is 1. The monoisotopic (exact) mass is 306 g/mol. The molecular formula is C12H14N6O2S. The molecule has 110 valence electrons. The van der Waals surface area contributed by atoms with E-state index in [0.29, 0.717) is 34.8 Å². The highest BCUT2D eigenvalue weighted by molar-refractivity contribution is 7.20. The molecule has 0 radical (unpaired) electrons. The van der Waals surface area contributed by atoms with E-state index in [0.717, 1.165) is 0 Å². The summed E-state index contributed by atoms with van der Waals surface area (Å²) in [6.45, 7) is 4.62. The van der Waals surface area contributed by atoms with Crippen molar-refractivity contribution in [1.29, 1.82) is 0 Å². The molecule has 0 atom stereocenters. The highest BCUT2D eigenvalue weighted by Gasteiger charge is 2.10. The van der Waals surface area contributed by atoms with Crippen molar-refractivity contribution in [3.05, 3.63) is 34.3 Å². The molecule has 3 rings (SSSR count). The number of nitrogens with zero attached hydrogens (tertiary/aromatic N) is 5. The predicted octanol–water partition coefficient (Wildman–Crippen LogP) is 1.31. The smallest absolute Gasteiger partial charge is 0.275 e. The van der Waals surface area contributed by atoms with Crippen LogP contribution in [0.15, 0.2) is 21.6 Å². The van der Waals surface area contributed by atoms with E-state index in [1.54, 1.807) is 0 Å². The molecule has 3 aromatic rings. The number of nitrogens with one attached hydrogen (secondary N) is 1. The van der Waals surface area contributed by atoms with Crippen LogP contribution >= 0.6 is 11.3 Å². The Kier molecular flexibility index (Phi) is 3.65. The fourth-order valence-electron chi connectivity index (χ4n) is 1.70. The number of aromatic nitrogens is 5. The minimum Gasteiger partial charge on any atom is -0.360 e. The molecule has 0 aromatic carbocycles. The summed E-state index contributed by atoms with van der Waals surface area (Å²) in [6.07, 6.45) is 2.07. The van der Waals surface area contributed by atoms with Crippen LogP contribution in [-0.4, -0.2) is 31.3 Å². The van der Waals surface area contributed by atoms with Crippen molar-refractivity contribution in [2.75, 3.05) is 11.9 Å². The van der Waals surface area contributed by atoms with E-state index in [1.165, 1.54) is 28.1 Å². The van der Waals surface area contributed by atoms with Crippen molar-refractivity contribution in [2.45, 2.75) is 26.2 Å². The topological polar surface area (TPSA) is 98.2 Å². The number of hydrogen-bond acceptors (Lipinski definition) is 8. The highest BCUT2D eigenvalue weighted by atomic mass is 32.1. The summed E-state index contributed by atoms with van der Waals surface area (Å²) in [5, 5.41) is 11.8. The van der Waals surface area contributed by atoms with Gasteiger partial charge in [0.05, 0.1) is 0 Å². The predicted molar refractivity (Wildman–Crippen MR) is 77.7 cm³/mol. The van der Waals surface area contributed by atoms with Crippen molar-refractivity contribution >= 4 is 21.4 Å². The summed E-state index contributed by atoms with van der Waals surface area (Å²) in [4.78, 5) is 20.5. The molecule has 8 nitrogen and oxygen atoms in total. The second-order valence-electron chi connectivity index (χ2n) is 4.76. The number of fused-ring (bicyclic) bond motifs is 1. The van der Waals surface area contributed by atoms with Crippen molar-refractivity contribution in [2.24, 2.45) is 0 Å². The van der Waals surface area contributed by atoms with Crippen LogP contribution in [0.5, 0.6) is 0 Å². The van der Waals surface area contributed by atoms with Gasteiger partial charge >= 0.3 is 0 Å². The summed E-state index contributed by atoms with van der Waals surface area (Å²) in [5.74, 6) is 1.54. The van der Waals surface area contributed by atoms with Crippen molar-refractivity contribution in [3.63, 3.8) is 0 Å². The van der Waals surface area contributed by atoms with Crippen LogP contribution in [0, 0.1) is 0 Å². The van der Waals surface area contributed by atoms with Crippen LogP contribution in [0.4, 0.5) is 5.13 Å². The fourth-order valence-corrected chi connectivity index (χ4v) is 2.50. The second kappa shape index (κ2) is 5.60. The Labute approximate surface area is 123 Å². The third kappa shape index (κ3) is 2.92. The van der Waals surface area contributed by atoms with Gasteiger partial charge in [-0.25, -0.2) is 4.98 Å². The molecule has 3 aromatic heterocycles. The molecule has 0 spiro atoms. The summed E-state index contributed by atoms with van der Waals surface area (Å²) in [6, 6.07) is 1.38. The largest absolute Gasteiger partial charge is 0.360 e. The Hall–Kier alpha value is -2.29. The van der Waals surface area contributed by atoms with Gasteiger partial charge in [0.15, 0.2) is 5.82 Å². The average Bonchev–Trinajstić information content (AvgIpc) is 3.06. The zero-order valence-corrected chi connectivity index (χ0v) is 12.4. The van der Waals surface area contributed by atoms with Crippen LogP contribution < -0.4 is 10.9 Å². The molecule has 0 fully saturated rings. The fraction of sp³-hybridized carbons (Fsp3) is 0.417. The Morgan fingerprint density at radius 1 is 1.48 bits per heavy atom. The normalized spacial score (nSPS) is 11.4. The maximum Gasteiger partial charge on any atom is 0.275 e. The van der Waals surface area contributed by atoms with E-state index in [-0.39, 0.29) is 11.5 Å². The maximum absolute atomic E-state index is 11.6. The van der Waals surface area contributed by atoms with Crippen LogP contribution in [0.1, 0.15) is 31.5 Å². The van der Waals surface area contributed by atoms with Crippen molar-refractivity contribution < 1.29 is 4.52 Å². The molecule has 9 heteroatoms. The SMILES string of the molecule is CC(C)c1noc(CCNc2nn3c(=O)ccnc3s2)n1. The summed E-state index contributed by atoms with van der Waals surface area (Å²) >= 11 is 1.32. The van der Waals surface area contributed by atoms with Gasteiger partial charge in [-0.15, -0.1) is 5.10 Å². The highest BCUT2D eigenvalue weighted by Crippen LogP contribution is 2.15. The van der Waals surface area contributed by atoms with Crippen molar-refractivity contribution in [1.82, 2.24) is 24.7 Å². The van der Waals surface area contributed by atoms with E-state index < -0.39 is 0 Å². The first-order valence-electron chi connectivity index (χ1n) is 6.55. The molecule has 0 saturated heterocycles. The van der Waals surface area contributed by atoms with Crippen LogP contribution in [-0.2, 0) is 6.42 Å². The molecule has 0 aliphatic heterocycles. The zero-order chi connectivity index (χ0) is 14.8. The second-order valence-corrected chi connectivity index (χ2v) is 5.72. The van der Waals surface area contributed by atoms with Crippen LogP contribution in [0.2, 0.25) is 0 Å². The van der Waals surface area contributed by atoms with Gasteiger partial charge in [0, 0.05) is 31.1 Å². The van der Waals surface area contributed by atoms with Crippen LogP contribution in [0.25, 0.3) is 4.96 Å². The third-order valence-corrected chi connectivity index (χ3v) is 3.67. The Morgan fingerprint density at radius 3 is 3.05 bits per heavy atom. The molecular weight excluding hydrogens is 292 g/mol. The van der Waals surface area contributed by atoms with E-state index in [1.807, 2.05) is 13.8 Å². The summed E-state index contributed by atoms with van der Waals surface area (Å²) < 4.78 is 6.43. The molecule has 0 amide bonds.